The summed E-state index contributed by atoms with van der Waals surface area (Å²) in [5, 5.41) is 0. The van der Waals surface area contributed by atoms with E-state index in [4.69, 9.17) is 0 Å². The topological polar surface area (TPSA) is 17.8 Å². The van der Waals surface area contributed by atoms with Crippen molar-refractivity contribution >= 4 is 27.0 Å². The summed E-state index contributed by atoms with van der Waals surface area (Å²) >= 11 is 3.33. The molecule has 2 heterocycles. The first-order chi connectivity index (χ1) is 5.68. The fourth-order valence-electron chi connectivity index (χ4n) is 1.14. The molecule has 0 saturated carbocycles. The molecule has 2 nitrogen and oxygen atoms in total. The molecule has 0 saturated heterocycles. The minimum absolute atomic E-state index is 0.309. The van der Waals surface area contributed by atoms with Crippen LogP contribution in [0.5, 0.6) is 0 Å². The number of aromatic nitrogens is 2. The molecule has 0 aromatic carbocycles. The van der Waals surface area contributed by atoms with Crippen molar-refractivity contribution in [2.75, 3.05) is 0 Å². The summed E-state index contributed by atoms with van der Waals surface area (Å²) in [5.41, 5.74) is 1.59. The Morgan fingerprint density at radius 3 is 3.00 bits per heavy atom. The van der Waals surface area contributed by atoms with Crippen LogP contribution in [0.1, 0.15) is 0 Å². The van der Waals surface area contributed by atoms with E-state index in [1.807, 2.05) is 17.7 Å². The largest absolute Gasteiger partial charge is 0.337 e. The van der Waals surface area contributed by atoms with Crippen LogP contribution in [0.25, 0.3) is 11.0 Å². The van der Waals surface area contributed by atoms with Crippen LogP contribution in [-0.4, -0.2) is 9.55 Å². The monoisotopic (exact) mass is 228 g/mol. The van der Waals surface area contributed by atoms with Crippen LogP contribution < -0.4 is 0 Å². The van der Waals surface area contributed by atoms with Crippen LogP contribution in [0.2, 0.25) is 0 Å². The van der Waals surface area contributed by atoms with Gasteiger partial charge in [-0.15, -0.1) is 0 Å². The molecule has 0 aliphatic carbocycles. The fraction of sp³-hybridized carbons (Fsp3) is 0.125. The van der Waals surface area contributed by atoms with Crippen LogP contribution in [0.15, 0.2) is 22.9 Å². The zero-order valence-corrected chi connectivity index (χ0v) is 7.97. The van der Waals surface area contributed by atoms with Gasteiger partial charge in [-0.1, -0.05) is 0 Å². The Morgan fingerprint density at radius 2 is 2.25 bits per heavy atom. The Labute approximate surface area is 77.1 Å². The lowest BCUT2D eigenvalue weighted by atomic mass is 10.4. The molecular weight excluding hydrogens is 223 g/mol. The molecule has 4 heteroatoms. The molecule has 0 spiro atoms. The van der Waals surface area contributed by atoms with Gasteiger partial charge in [0, 0.05) is 13.1 Å². The number of pyridine rings is 1. The third-order valence-corrected chi connectivity index (χ3v) is 2.56. The maximum atomic E-state index is 12.7. The molecule has 0 unspecified atom stereocenters. The SMILES string of the molecule is Cn1c(Br)cc2ncc(F)cc21. The second-order valence-electron chi connectivity index (χ2n) is 2.58. The van der Waals surface area contributed by atoms with Gasteiger partial charge in [0.1, 0.15) is 5.82 Å². The molecule has 0 atom stereocenters. The molecular formula is C8H6BrFN2. The van der Waals surface area contributed by atoms with Crippen LogP contribution >= 0.6 is 15.9 Å². The zero-order chi connectivity index (χ0) is 8.72. The van der Waals surface area contributed by atoms with Crippen LogP contribution in [0, 0.1) is 5.82 Å². The Balaban J connectivity index is 2.88. The van der Waals surface area contributed by atoms with Crippen molar-refractivity contribution in [3.05, 3.63) is 28.7 Å². The summed E-state index contributed by atoms with van der Waals surface area (Å²) < 4.78 is 15.5. The van der Waals surface area contributed by atoms with Gasteiger partial charge in [-0.05, 0) is 22.0 Å². The van der Waals surface area contributed by atoms with Crippen molar-refractivity contribution in [2.24, 2.45) is 7.05 Å². The lowest BCUT2D eigenvalue weighted by Crippen LogP contribution is -1.87. The Morgan fingerprint density at radius 1 is 1.50 bits per heavy atom. The molecule has 0 fully saturated rings. The zero-order valence-electron chi connectivity index (χ0n) is 6.38. The van der Waals surface area contributed by atoms with Crippen LogP contribution in [0.3, 0.4) is 0 Å². The number of fused-ring (bicyclic) bond motifs is 1. The standard InChI is InChI=1S/C8H6BrFN2/c1-12-7-2-5(10)4-11-6(7)3-8(12)9/h2-4H,1H3. The normalized spacial score (nSPS) is 10.9. The summed E-state index contributed by atoms with van der Waals surface area (Å²) in [6.07, 6.45) is 1.22. The number of rotatable bonds is 0. The first-order valence-electron chi connectivity index (χ1n) is 3.45. The maximum absolute atomic E-state index is 12.7. The highest BCUT2D eigenvalue weighted by molar-refractivity contribution is 9.10. The number of halogens is 2. The average Bonchev–Trinajstić information content (AvgIpc) is 2.31. The first kappa shape index (κ1) is 7.73. The molecule has 12 heavy (non-hydrogen) atoms. The Kier molecular flexibility index (Phi) is 1.65. The van der Waals surface area contributed by atoms with Crippen molar-refractivity contribution in [3.63, 3.8) is 0 Å². The van der Waals surface area contributed by atoms with Gasteiger partial charge in [-0.25, -0.2) is 4.39 Å². The van der Waals surface area contributed by atoms with E-state index in [0.717, 1.165) is 15.6 Å². The summed E-state index contributed by atoms with van der Waals surface area (Å²) in [6.45, 7) is 0. The third kappa shape index (κ3) is 1.03. The molecule has 0 aliphatic heterocycles. The van der Waals surface area contributed by atoms with Gasteiger partial charge in [0.2, 0.25) is 0 Å². The summed E-state index contributed by atoms with van der Waals surface area (Å²) in [4.78, 5) is 3.94. The molecule has 62 valence electrons. The van der Waals surface area contributed by atoms with Gasteiger partial charge in [0.15, 0.2) is 0 Å². The van der Waals surface area contributed by atoms with Crippen molar-refractivity contribution in [1.82, 2.24) is 9.55 Å². The number of aryl methyl sites for hydroxylation is 1. The highest BCUT2D eigenvalue weighted by Gasteiger charge is 2.04. The second-order valence-corrected chi connectivity index (χ2v) is 3.40. The summed E-state index contributed by atoms with van der Waals surface area (Å²) in [7, 11) is 1.85. The molecule has 0 N–H and O–H groups in total. The summed E-state index contributed by atoms with van der Waals surface area (Å²) in [6, 6.07) is 3.32. The Hall–Kier alpha value is -0.900. The molecule has 2 aromatic rings. The lowest BCUT2D eigenvalue weighted by Gasteiger charge is -1.95. The van der Waals surface area contributed by atoms with Gasteiger partial charge in [0.05, 0.1) is 21.8 Å². The molecule has 0 radical (unpaired) electrons. The molecule has 0 amide bonds. The van der Waals surface area contributed by atoms with Gasteiger partial charge >= 0.3 is 0 Å². The Bertz CT molecular complexity index is 436. The van der Waals surface area contributed by atoms with Crippen LogP contribution in [-0.2, 0) is 7.05 Å². The smallest absolute Gasteiger partial charge is 0.143 e. The molecule has 0 bridgehead atoms. The first-order valence-corrected chi connectivity index (χ1v) is 4.24. The van der Waals surface area contributed by atoms with Crippen LogP contribution in [0.4, 0.5) is 4.39 Å². The van der Waals surface area contributed by atoms with Gasteiger partial charge in [-0.3, -0.25) is 4.98 Å². The predicted octanol–water partition coefficient (Wildman–Crippen LogP) is 2.47. The van der Waals surface area contributed by atoms with E-state index < -0.39 is 0 Å². The van der Waals surface area contributed by atoms with E-state index in [2.05, 4.69) is 20.9 Å². The van der Waals surface area contributed by atoms with Gasteiger partial charge < -0.3 is 4.57 Å². The van der Waals surface area contributed by atoms with E-state index in [-0.39, 0.29) is 5.82 Å². The third-order valence-electron chi connectivity index (χ3n) is 1.80. The van der Waals surface area contributed by atoms with E-state index in [1.165, 1.54) is 12.3 Å². The lowest BCUT2D eigenvalue weighted by molar-refractivity contribution is 0.623. The second kappa shape index (κ2) is 2.55. The molecule has 2 aromatic heterocycles. The van der Waals surface area contributed by atoms with Crippen molar-refractivity contribution in [2.45, 2.75) is 0 Å². The minimum Gasteiger partial charge on any atom is -0.337 e. The number of nitrogens with zero attached hydrogens (tertiary/aromatic N) is 2. The van der Waals surface area contributed by atoms with Gasteiger partial charge in [0.25, 0.3) is 0 Å². The number of hydrogen-bond acceptors (Lipinski definition) is 1. The molecule has 2 rings (SSSR count). The van der Waals surface area contributed by atoms with E-state index >= 15 is 0 Å². The van der Waals surface area contributed by atoms with E-state index in [9.17, 15) is 4.39 Å². The highest BCUT2D eigenvalue weighted by Crippen LogP contribution is 2.20. The van der Waals surface area contributed by atoms with Crippen molar-refractivity contribution in [1.29, 1.82) is 0 Å². The summed E-state index contributed by atoms with van der Waals surface area (Å²) in [5.74, 6) is -0.309. The van der Waals surface area contributed by atoms with E-state index in [1.54, 1.807) is 0 Å². The molecule has 0 aliphatic rings. The number of hydrogen-bond donors (Lipinski definition) is 0. The minimum atomic E-state index is -0.309. The highest BCUT2D eigenvalue weighted by atomic mass is 79.9. The maximum Gasteiger partial charge on any atom is 0.143 e. The fourth-order valence-corrected chi connectivity index (χ4v) is 1.55. The quantitative estimate of drug-likeness (QED) is 0.678. The predicted molar refractivity (Wildman–Crippen MR) is 48.4 cm³/mol. The van der Waals surface area contributed by atoms with E-state index in [0.29, 0.717) is 0 Å². The van der Waals surface area contributed by atoms with Crippen molar-refractivity contribution in [3.8, 4) is 0 Å². The average molecular weight is 229 g/mol. The van der Waals surface area contributed by atoms with Crippen molar-refractivity contribution < 1.29 is 4.39 Å². The van der Waals surface area contributed by atoms with Gasteiger partial charge in [-0.2, -0.15) is 0 Å².